The number of cyclic esters (lactones) is 1. The van der Waals surface area contributed by atoms with E-state index in [-0.39, 0.29) is 34.6 Å². The van der Waals surface area contributed by atoms with E-state index >= 15 is 0 Å². The minimum atomic E-state index is -4.10. The minimum absolute atomic E-state index is 0.00653. The van der Waals surface area contributed by atoms with Crippen LogP contribution in [0.15, 0.2) is 86.8 Å². The molecule has 9 heteroatoms. The van der Waals surface area contributed by atoms with Gasteiger partial charge in [-0.3, -0.25) is 0 Å². The lowest BCUT2D eigenvalue weighted by Crippen LogP contribution is -2.11. The molecule has 0 fully saturated rings. The Hall–Kier alpha value is -3.43. The SMILES string of the molecule is CCOc1cc(/C=C2\N=C(c3ccccc3)OC2=O)cc(Br)c1OS(=O)(=O)c1ccc(C)cc1. The van der Waals surface area contributed by atoms with E-state index in [0.29, 0.717) is 15.6 Å². The van der Waals surface area contributed by atoms with Crippen LogP contribution in [0.25, 0.3) is 6.08 Å². The van der Waals surface area contributed by atoms with Crippen LogP contribution < -0.4 is 8.92 Å². The van der Waals surface area contributed by atoms with Crippen molar-refractivity contribution in [3.63, 3.8) is 0 Å². The van der Waals surface area contributed by atoms with Crippen LogP contribution in [-0.4, -0.2) is 26.9 Å². The minimum Gasteiger partial charge on any atom is -0.490 e. The van der Waals surface area contributed by atoms with Gasteiger partial charge in [-0.05, 0) is 77.8 Å². The van der Waals surface area contributed by atoms with Gasteiger partial charge in [-0.2, -0.15) is 8.42 Å². The molecule has 1 heterocycles. The van der Waals surface area contributed by atoms with Crippen molar-refractivity contribution in [2.45, 2.75) is 18.7 Å². The summed E-state index contributed by atoms with van der Waals surface area (Å²) in [6.45, 7) is 3.90. The molecule has 0 atom stereocenters. The van der Waals surface area contributed by atoms with Gasteiger partial charge in [0.15, 0.2) is 17.2 Å². The van der Waals surface area contributed by atoms with Gasteiger partial charge in [0.1, 0.15) is 4.90 Å². The average Bonchev–Trinajstić information content (AvgIpc) is 3.17. The Morgan fingerprint density at radius 1 is 1.06 bits per heavy atom. The first-order valence-corrected chi connectivity index (χ1v) is 12.5. The lowest BCUT2D eigenvalue weighted by atomic mass is 10.1. The van der Waals surface area contributed by atoms with E-state index in [4.69, 9.17) is 13.7 Å². The average molecular weight is 542 g/mol. The molecule has 7 nitrogen and oxygen atoms in total. The maximum Gasteiger partial charge on any atom is 0.363 e. The summed E-state index contributed by atoms with van der Waals surface area (Å²) < 4.78 is 42.3. The Bertz CT molecular complexity index is 1400. The summed E-state index contributed by atoms with van der Waals surface area (Å²) in [6.07, 6.45) is 1.53. The van der Waals surface area contributed by atoms with Crippen molar-refractivity contribution in [1.29, 1.82) is 0 Å². The van der Waals surface area contributed by atoms with E-state index in [1.807, 2.05) is 25.1 Å². The van der Waals surface area contributed by atoms with E-state index in [1.54, 1.807) is 43.3 Å². The Balaban J connectivity index is 1.68. The summed E-state index contributed by atoms with van der Waals surface area (Å²) in [5.41, 5.74) is 2.26. The van der Waals surface area contributed by atoms with Crippen LogP contribution in [0.2, 0.25) is 0 Å². The van der Waals surface area contributed by atoms with Crippen molar-refractivity contribution in [2.75, 3.05) is 6.61 Å². The molecule has 0 radical (unpaired) electrons. The molecule has 0 bridgehead atoms. The highest BCUT2D eigenvalue weighted by Gasteiger charge is 2.25. The first-order valence-electron chi connectivity index (χ1n) is 10.3. The number of hydrogen-bond donors (Lipinski definition) is 0. The second-order valence-corrected chi connectivity index (χ2v) is 9.72. The number of hydrogen-bond acceptors (Lipinski definition) is 7. The maximum atomic E-state index is 12.8. The Morgan fingerprint density at radius 3 is 2.44 bits per heavy atom. The highest BCUT2D eigenvalue weighted by molar-refractivity contribution is 9.10. The molecule has 0 aliphatic carbocycles. The quantitative estimate of drug-likeness (QED) is 0.230. The number of esters is 1. The number of rotatable bonds is 7. The van der Waals surface area contributed by atoms with Crippen LogP contribution in [0.4, 0.5) is 0 Å². The standard InChI is InChI=1S/C25H20BrNO6S/c1-3-31-22-15-17(14-21-25(28)32-24(27-21)18-7-5-4-6-8-18)13-20(26)23(22)33-34(29,30)19-11-9-16(2)10-12-19/h4-15H,3H2,1-2H3/b21-14-. The molecule has 4 rings (SSSR count). The molecule has 0 amide bonds. The summed E-state index contributed by atoms with van der Waals surface area (Å²) in [6, 6.07) is 18.6. The van der Waals surface area contributed by atoms with Gasteiger partial charge in [0.2, 0.25) is 5.90 Å². The van der Waals surface area contributed by atoms with E-state index in [0.717, 1.165) is 5.56 Å². The molecule has 0 saturated carbocycles. The zero-order valence-electron chi connectivity index (χ0n) is 18.3. The molecule has 0 N–H and O–H groups in total. The van der Waals surface area contributed by atoms with Crippen molar-refractivity contribution in [1.82, 2.24) is 0 Å². The molecule has 3 aromatic rings. The predicted octanol–water partition coefficient (Wildman–Crippen LogP) is 5.27. The molecule has 3 aromatic carbocycles. The molecular weight excluding hydrogens is 522 g/mol. The first-order chi connectivity index (χ1) is 16.3. The van der Waals surface area contributed by atoms with Crippen LogP contribution in [0.3, 0.4) is 0 Å². The topological polar surface area (TPSA) is 91.3 Å². The smallest absolute Gasteiger partial charge is 0.363 e. The summed E-state index contributed by atoms with van der Waals surface area (Å²) in [5.74, 6) is -0.176. The molecule has 0 aromatic heterocycles. The van der Waals surface area contributed by atoms with Crippen molar-refractivity contribution in [3.05, 3.63) is 93.6 Å². The lowest BCUT2D eigenvalue weighted by molar-refractivity contribution is -0.129. The van der Waals surface area contributed by atoms with Crippen molar-refractivity contribution in [3.8, 4) is 11.5 Å². The van der Waals surface area contributed by atoms with Crippen LogP contribution >= 0.6 is 15.9 Å². The van der Waals surface area contributed by atoms with Crippen LogP contribution in [0, 0.1) is 6.92 Å². The van der Waals surface area contributed by atoms with E-state index in [2.05, 4.69) is 20.9 Å². The maximum absolute atomic E-state index is 12.8. The number of benzene rings is 3. The molecule has 0 saturated heterocycles. The van der Waals surface area contributed by atoms with Crippen LogP contribution in [0.5, 0.6) is 11.5 Å². The largest absolute Gasteiger partial charge is 0.490 e. The van der Waals surface area contributed by atoms with Gasteiger partial charge in [0.25, 0.3) is 0 Å². The lowest BCUT2D eigenvalue weighted by Gasteiger charge is -2.14. The highest BCUT2D eigenvalue weighted by atomic mass is 79.9. The van der Waals surface area contributed by atoms with E-state index < -0.39 is 16.1 Å². The highest BCUT2D eigenvalue weighted by Crippen LogP contribution is 2.39. The van der Waals surface area contributed by atoms with E-state index in [1.165, 1.54) is 18.2 Å². The summed E-state index contributed by atoms with van der Waals surface area (Å²) >= 11 is 3.37. The first kappa shape index (κ1) is 23.7. The molecule has 0 spiro atoms. The molecule has 1 aliphatic rings. The predicted molar refractivity (Wildman–Crippen MR) is 131 cm³/mol. The van der Waals surface area contributed by atoms with Gasteiger partial charge in [-0.1, -0.05) is 35.9 Å². The number of carbonyl (C=O) groups excluding carboxylic acids is 1. The Kier molecular flexibility index (Phi) is 6.85. The van der Waals surface area contributed by atoms with Gasteiger partial charge in [-0.25, -0.2) is 9.79 Å². The molecule has 34 heavy (non-hydrogen) atoms. The van der Waals surface area contributed by atoms with Gasteiger partial charge in [0.05, 0.1) is 11.1 Å². The molecule has 0 unspecified atom stereocenters. The van der Waals surface area contributed by atoms with E-state index in [9.17, 15) is 13.2 Å². The number of aryl methyl sites for hydroxylation is 1. The second-order valence-electron chi connectivity index (χ2n) is 7.32. The second kappa shape index (κ2) is 9.82. The number of carbonyl (C=O) groups is 1. The number of nitrogens with zero attached hydrogens (tertiary/aromatic N) is 1. The summed E-state index contributed by atoms with van der Waals surface area (Å²) in [5, 5.41) is 0. The Labute approximate surface area is 206 Å². The fourth-order valence-electron chi connectivity index (χ4n) is 3.15. The van der Waals surface area contributed by atoms with Gasteiger partial charge in [0, 0.05) is 5.56 Å². The van der Waals surface area contributed by atoms with Gasteiger partial charge < -0.3 is 13.7 Å². The van der Waals surface area contributed by atoms with Crippen molar-refractivity contribution in [2.24, 2.45) is 4.99 Å². The third-order valence-corrected chi connectivity index (χ3v) is 6.60. The fourth-order valence-corrected chi connectivity index (χ4v) is 4.75. The van der Waals surface area contributed by atoms with Crippen LogP contribution in [0.1, 0.15) is 23.6 Å². The molecule has 1 aliphatic heterocycles. The zero-order chi connectivity index (χ0) is 24.3. The fraction of sp³-hybridized carbons (Fsp3) is 0.120. The third-order valence-electron chi connectivity index (χ3n) is 4.78. The molecular formula is C25H20BrNO6S. The number of aliphatic imine (C=N–C) groups is 1. The van der Waals surface area contributed by atoms with Crippen molar-refractivity contribution < 1.29 is 26.9 Å². The molecule has 174 valence electrons. The van der Waals surface area contributed by atoms with Gasteiger partial charge >= 0.3 is 16.1 Å². The summed E-state index contributed by atoms with van der Waals surface area (Å²) in [7, 11) is -4.10. The number of halogens is 1. The van der Waals surface area contributed by atoms with Crippen molar-refractivity contribution >= 4 is 44.0 Å². The monoisotopic (exact) mass is 541 g/mol. The summed E-state index contributed by atoms with van der Waals surface area (Å²) in [4.78, 5) is 16.7. The number of ether oxygens (including phenoxy) is 2. The van der Waals surface area contributed by atoms with Crippen LogP contribution in [-0.2, 0) is 19.6 Å². The zero-order valence-corrected chi connectivity index (χ0v) is 20.7. The Morgan fingerprint density at radius 2 is 1.76 bits per heavy atom. The van der Waals surface area contributed by atoms with Gasteiger partial charge in [-0.15, -0.1) is 0 Å². The third kappa shape index (κ3) is 5.21. The normalized spacial score (nSPS) is 14.6.